The number of hydrogen-bond acceptors (Lipinski definition) is 4. The quantitative estimate of drug-likeness (QED) is 0.850. The van der Waals surface area contributed by atoms with Gasteiger partial charge in [-0.05, 0) is 25.0 Å². The van der Waals surface area contributed by atoms with Crippen LogP contribution in [0.1, 0.15) is 25.8 Å². The van der Waals surface area contributed by atoms with E-state index >= 15 is 0 Å². The zero-order valence-corrected chi connectivity index (χ0v) is 11.9. The standard InChI is InChI=1S/C12H17BrN2O2/c1-4-10(7-17-9(3)16)15-12-5-11(13)8(2)6-14-12/h5-6,10H,4,7H2,1-3H3,(H,14,15). The van der Waals surface area contributed by atoms with Crippen molar-refractivity contribution >= 4 is 27.7 Å². The number of carbonyl (C=O) groups is 1. The summed E-state index contributed by atoms with van der Waals surface area (Å²) in [6.45, 7) is 5.79. The number of rotatable bonds is 5. The highest BCUT2D eigenvalue weighted by molar-refractivity contribution is 9.10. The molecule has 4 nitrogen and oxygen atoms in total. The highest BCUT2D eigenvalue weighted by Crippen LogP contribution is 2.18. The van der Waals surface area contributed by atoms with Crippen molar-refractivity contribution in [3.05, 3.63) is 22.3 Å². The lowest BCUT2D eigenvalue weighted by Gasteiger charge is -2.17. The minimum Gasteiger partial charge on any atom is -0.464 e. The molecule has 94 valence electrons. The molecule has 0 aliphatic rings. The van der Waals surface area contributed by atoms with Crippen LogP contribution in [0.4, 0.5) is 5.82 Å². The number of hydrogen-bond donors (Lipinski definition) is 1. The van der Waals surface area contributed by atoms with Gasteiger partial charge in [0.1, 0.15) is 12.4 Å². The molecule has 1 unspecified atom stereocenters. The Morgan fingerprint density at radius 3 is 2.88 bits per heavy atom. The number of nitrogens with one attached hydrogen (secondary N) is 1. The molecular weight excluding hydrogens is 284 g/mol. The average molecular weight is 301 g/mol. The lowest BCUT2D eigenvalue weighted by atomic mass is 10.2. The van der Waals surface area contributed by atoms with Crippen LogP contribution in [0, 0.1) is 6.92 Å². The van der Waals surface area contributed by atoms with Crippen molar-refractivity contribution in [3.63, 3.8) is 0 Å². The Hall–Kier alpha value is -1.10. The Morgan fingerprint density at radius 2 is 2.35 bits per heavy atom. The Morgan fingerprint density at radius 1 is 1.65 bits per heavy atom. The lowest BCUT2D eigenvalue weighted by molar-refractivity contribution is -0.141. The summed E-state index contributed by atoms with van der Waals surface area (Å²) in [6.07, 6.45) is 2.66. The molecule has 1 rings (SSSR count). The minimum atomic E-state index is -0.261. The van der Waals surface area contributed by atoms with E-state index in [4.69, 9.17) is 4.74 Å². The predicted molar refractivity (Wildman–Crippen MR) is 71.0 cm³/mol. The molecule has 0 aliphatic carbocycles. The number of aromatic nitrogens is 1. The maximum Gasteiger partial charge on any atom is 0.302 e. The van der Waals surface area contributed by atoms with Gasteiger partial charge in [0.05, 0.1) is 6.04 Å². The third-order valence-electron chi connectivity index (χ3n) is 2.37. The molecule has 0 aliphatic heterocycles. The molecule has 0 amide bonds. The average Bonchev–Trinajstić information content (AvgIpc) is 2.28. The lowest BCUT2D eigenvalue weighted by Crippen LogP contribution is -2.26. The molecule has 0 fully saturated rings. The van der Waals surface area contributed by atoms with Gasteiger partial charge in [-0.1, -0.05) is 22.9 Å². The van der Waals surface area contributed by atoms with E-state index in [9.17, 15) is 4.79 Å². The molecule has 5 heteroatoms. The highest BCUT2D eigenvalue weighted by Gasteiger charge is 2.09. The third-order valence-corrected chi connectivity index (χ3v) is 3.22. The van der Waals surface area contributed by atoms with Crippen LogP contribution in [0.5, 0.6) is 0 Å². The molecule has 1 atom stereocenters. The van der Waals surface area contributed by atoms with Crippen molar-refractivity contribution in [2.45, 2.75) is 33.2 Å². The van der Waals surface area contributed by atoms with E-state index in [0.29, 0.717) is 6.61 Å². The highest BCUT2D eigenvalue weighted by atomic mass is 79.9. The normalized spacial score (nSPS) is 12.0. The molecule has 1 aromatic rings. The maximum atomic E-state index is 10.7. The van der Waals surface area contributed by atoms with Gasteiger partial charge in [-0.3, -0.25) is 4.79 Å². The van der Waals surface area contributed by atoms with Crippen LogP contribution < -0.4 is 5.32 Å². The van der Waals surface area contributed by atoms with Crippen molar-refractivity contribution in [3.8, 4) is 0 Å². The van der Waals surface area contributed by atoms with Crippen molar-refractivity contribution in [1.82, 2.24) is 4.98 Å². The minimum absolute atomic E-state index is 0.0843. The molecule has 17 heavy (non-hydrogen) atoms. The number of ether oxygens (including phenoxy) is 1. The first-order valence-corrected chi connectivity index (χ1v) is 6.34. The largest absolute Gasteiger partial charge is 0.464 e. The molecule has 1 aromatic heterocycles. The fraction of sp³-hybridized carbons (Fsp3) is 0.500. The van der Waals surface area contributed by atoms with E-state index in [1.165, 1.54) is 6.92 Å². The molecule has 0 aromatic carbocycles. The number of carbonyl (C=O) groups excluding carboxylic acids is 1. The molecule has 1 N–H and O–H groups in total. The second-order valence-electron chi connectivity index (χ2n) is 3.87. The summed E-state index contributed by atoms with van der Waals surface area (Å²) in [4.78, 5) is 15.0. The first-order chi connectivity index (χ1) is 8.02. The monoisotopic (exact) mass is 300 g/mol. The van der Waals surface area contributed by atoms with Gasteiger partial charge in [-0.2, -0.15) is 0 Å². The number of halogens is 1. The first kappa shape index (κ1) is 14.0. The Bertz CT molecular complexity index is 396. The number of anilines is 1. The Balaban J connectivity index is 2.60. The van der Waals surface area contributed by atoms with Gasteiger partial charge in [-0.25, -0.2) is 4.98 Å². The zero-order valence-electron chi connectivity index (χ0n) is 10.3. The fourth-order valence-electron chi connectivity index (χ4n) is 1.27. The number of esters is 1. The van der Waals surface area contributed by atoms with Gasteiger partial charge in [-0.15, -0.1) is 0 Å². The topological polar surface area (TPSA) is 51.2 Å². The van der Waals surface area contributed by atoms with Crippen LogP contribution in [-0.2, 0) is 9.53 Å². The van der Waals surface area contributed by atoms with E-state index in [1.54, 1.807) is 6.20 Å². The molecule has 0 spiro atoms. The smallest absolute Gasteiger partial charge is 0.302 e. The number of nitrogens with zero attached hydrogens (tertiary/aromatic N) is 1. The van der Waals surface area contributed by atoms with E-state index < -0.39 is 0 Å². The predicted octanol–water partition coefficient (Wildman–Crippen LogP) is 2.91. The van der Waals surface area contributed by atoms with Crippen LogP contribution >= 0.6 is 15.9 Å². The van der Waals surface area contributed by atoms with Gasteiger partial charge in [0, 0.05) is 17.6 Å². The first-order valence-electron chi connectivity index (χ1n) is 5.55. The van der Waals surface area contributed by atoms with Crippen molar-refractivity contribution < 1.29 is 9.53 Å². The molecule has 0 bridgehead atoms. The van der Waals surface area contributed by atoms with Crippen molar-refractivity contribution in [1.29, 1.82) is 0 Å². The summed E-state index contributed by atoms with van der Waals surface area (Å²) >= 11 is 3.45. The fourth-order valence-corrected chi connectivity index (χ4v) is 1.59. The second kappa shape index (κ2) is 6.59. The van der Waals surface area contributed by atoms with Gasteiger partial charge in [0.2, 0.25) is 0 Å². The van der Waals surface area contributed by atoms with E-state index in [2.05, 4.69) is 26.2 Å². The zero-order chi connectivity index (χ0) is 12.8. The van der Waals surface area contributed by atoms with Crippen LogP contribution in [0.3, 0.4) is 0 Å². The maximum absolute atomic E-state index is 10.7. The summed E-state index contributed by atoms with van der Waals surface area (Å²) in [5.41, 5.74) is 1.09. The van der Waals surface area contributed by atoms with Gasteiger partial charge >= 0.3 is 5.97 Å². The number of pyridine rings is 1. The summed E-state index contributed by atoms with van der Waals surface area (Å²) in [5, 5.41) is 3.23. The molecule has 0 radical (unpaired) electrons. The van der Waals surface area contributed by atoms with E-state index in [0.717, 1.165) is 22.3 Å². The molecule has 1 heterocycles. The SMILES string of the molecule is CCC(COC(C)=O)Nc1cc(Br)c(C)cn1. The Kier molecular flexibility index (Phi) is 5.41. The van der Waals surface area contributed by atoms with E-state index in [1.807, 2.05) is 19.9 Å². The van der Waals surface area contributed by atoms with Crippen molar-refractivity contribution in [2.75, 3.05) is 11.9 Å². The molecule has 0 saturated heterocycles. The van der Waals surface area contributed by atoms with E-state index in [-0.39, 0.29) is 12.0 Å². The summed E-state index contributed by atoms with van der Waals surface area (Å²) in [6, 6.07) is 2.01. The van der Waals surface area contributed by atoms with Crippen LogP contribution in [0.15, 0.2) is 16.7 Å². The van der Waals surface area contributed by atoms with Gasteiger partial charge in [0.25, 0.3) is 0 Å². The number of aryl methyl sites for hydroxylation is 1. The van der Waals surface area contributed by atoms with Crippen LogP contribution in [0.2, 0.25) is 0 Å². The summed E-state index contributed by atoms with van der Waals surface area (Å²) in [7, 11) is 0. The van der Waals surface area contributed by atoms with Gasteiger partial charge in [0.15, 0.2) is 0 Å². The molecule has 0 saturated carbocycles. The summed E-state index contributed by atoms with van der Waals surface area (Å²) < 4.78 is 5.99. The summed E-state index contributed by atoms with van der Waals surface area (Å²) in [5.74, 6) is 0.518. The van der Waals surface area contributed by atoms with Crippen molar-refractivity contribution in [2.24, 2.45) is 0 Å². The van der Waals surface area contributed by atoms with Gasteiger partial charge < -0.3 is 10.1 Å². The second-order valence-corrected chi connectivity index (χ2v) is 4.73. The Labute approximate surface area is 110 Å². The third kappa shape index (κ3) is 4.73. The van der Waals surface area contributed by atoms with Crippen LogP contribution in [-0.4, -0.2) is 23.6 Å². The van der Waals surface area contributed by atoms with Crippen LogP contribution in [0.25, 0.3) is 0 Å². The molecular formula is C12H17BrN2O2.